The zero-order valence-electron chi connectivity index (χ0n) is 4.02. The van der Waals surface area contributed by atoms with Gasteiger partial charge in [0.25, 0.3) is 8.05 Å². The van der Waals surface area contributed by atoms with E-state index in [0.29, 0.717) is 0 Å². The summed E-state index contributed by atoms with van der Waals surface area (Å²) in [6.45, 7) is 0.236. The van der Waals surface area contributed by atoms with Gasteiger partial charge in [-0.3, -0.25) is 0 Å². The number of rotatable bonds is 2. The Morgan fingerprint density at radius 1 is 1.83 bits per heavy atom. The molecule has 0 rings (SSSR count). The lowest BCUT2D eigenvalue weighted by Crippen LogP contribution is -2.04. The van der Waals surface area contributed by atoms with E-state index in [2.05, 4.69) is 4.65 Å². The first kappa shape index (κ1) is 5.76. The van der Waals surface area contributed by atoms with Crippen LogP contribution >= 0.6 is 0 Å². The van der Waals surface area contributed by atoms with Crippen LogP contribution in [0.5, 0.6) is 0 Å². The molecule has 0 radical (unpaired) electrons. The number of hydrogen-bond donors (Lipinski definition) is 0. The SMILES string of the molecule is BOCC(B)=O. The standard InChI is InChI=1S/C2H6B2O2/c3-2(5)1-6-4/h1,3-4H2. The van der Waals surface area contributed by atoms with Gasteiger partial charge >= 0.3 is 0 Å². The third kappa shape index (κ3) is 3.76. The van der Waals surface area contributed by atoms with Crippen LogP contribution in [-0.2, 0) is 9.45 Å². The first-order chi connectivity index (χ1) is 2.77. The molecule has 6 heavy (non-hydrogen) atoms. The van der Waals surface area contributed by atoms with Crippen LogP contribution in [-0.4, -0.2) is 28.2 Å². The summed E-state index contributed by atoms with van der Waals surface area (Å²) < 4.78 is 4.45. The largest absolute Gasteiger partial charge is 0.438 e. The molecule has 0 aromatic carbocycles. The van der Waals surface area contributed by atoms with Crippen molar-refractivity contribution in [3.8, 4) is 0 Å². The summed E-state index contributed by atoms with van der Waals surface area (Å²) in [5.41, 5.74) is 0.0671. The minimum Gasteiger partial charge on any atom is -0.438 e. The molecule has 0 aliphatic carbocycles. The van der Waals surface area contributed by atoms with E-state index in [1.807, 2.05) is 0 Å². The van der Waals surface area contributed by atoms with Gasteiger partial charge in [-0.2, -0.15) is 0 Å². The number of hydrogen-bond acceptors (Lipinski definition) is 2. The van der Waals surface area contributed by atoms with Crippen molar-refractivity contribution in [1.82, 2.24) is 0 Å². The highest BCUT2D eigenvalue weighted by molar-refractivity contribution is 6.58. The highest BCUT2D eigenvalue weighted by atomic mass is 16.4. The second-order valence-corrected chi connectivity index (χ2v) is 1.14. The molecule has 0 aliphatic rings. The minimum absolute atomic E-state index is 0.0671. The van der Waals surface area contributed by atoms with Gasteiger partial charge in [-0.25, -0.2) is 0 Å². The van der Waals surface area contributed by atoms with E-state index >= 15 is 0 Å². The minimum atomic E-state index is 0.0671. The molecule has 2 nitrogen and oxygen atoms in total. The van der Waals surface area contributed by atoms with Crippen molar-refractivity contribution >= 4 is 21.6 Å². The van der Waals surface area contributed by atoms with Crippen LogP contribution in [0.4, 0.5) is 0 Å². The van der Waals surface area contributed by atoms with Crippen molar-refractivity contribution in [2.75, 3.05) is 6.61 Å². The summed E-state index contributed by atoms with van der Waals surface area (Å²) in [6, 6.07) is 0. The molecule has 0 atom stereocenters. The third-order valence-electron chi connectivity index (χ3n) is 0.348. The molecule has 0 unspecified atom stereocenters. The van der Waals surface area contributed by atoms with Crippen LogP contribution in [0.15, 0.2) is 0 Å². The fraction of sp³-hybridized carbons (Fsp3) is 0.500. The Balaban J connectivity index is 2.83. The fourth-order valence-electron chi connectivity index (χ4n) is 0.203. The van der Waals surface area contributed by atoms with Gasteiger partial charge in [0.05, 0.1) is 6.61 Å². The average Bonchev–Trinajstić information content (AvgIpc) is 1.35. The summed E-state index contributed by atoms with van der Waals surface area (Å²) in [4.78, 5) is 9.92. The Hall–Kier alpha value is -0.240. The van der Waals surface area contributed by atoms with E-state index in [4.69, 9.17) is 0 Å². The smallest absolute Gasteiger partial charge is 0.257 e. The van der Waals surface area contributed by atoms with Crippen molar-refractivity contribution < 1.29 is 9.45 Å². The second-order valence-electron chi connectivity index (χ2n) is 1.14. The molecule has 0 aliphatic heterocycles. The first-order valence-corrected chi connectivity index (χ1v) is 1.75. The average molecular weight is 83.7 g/mol. The molecule has 0 aromatic heterocycles. The molecule has 0 N–H and O–H groups in total. The van der Waals surface area contributed by atoms with Gasteiger partial charge in [-0.1, -0.05) is 0 Å². The lowest BCUT2D eigenvalue weighted by molar-refractivity contribution is -0.113. The Labute approximate surface area is 38.7 Å². The highest BCUT2D eigenvalue weighted by Crippen LogP contribution is 1.59. The predicted octanol–water partition coefficient (Wildman–Crippen LogP) is -2.29. The molecule has 4 heteroatoms. The summed E-state index contributed by atoms with van der Waals surface area (Å²) in [7, 11) is 2.99. The van der Waals surface area contributed by atoms with E-state index < -0.39 is 0 Å². The quantitative estimate of drug-likeness (QED) is 0.352. The molecular weight excluding hydrogens is 77.6 g/mol. The van der Waals surface area contributed by atoms with Gasteiger partial charge in [0, 0.05) is 0 Å². The maximum absolute atomic E-state index is 9.92. The van der Waals surface area contributed by atoms with Crippen molar-refractivity contribution in [3.63, 3.8) is 0 Å². The van der Waals surface area contributed by atoms with Gasteiger partial charge in [-0.05, 0) is 0 Å². The summed E-state index contributed by atoms with van der Waals surface area (Å²) >= 11 is 0. The van der Waals surface area contributed by atoms with E-state index in [9.17, 15) is 4.79 Å². The monoisotopic (exact) mass is 84.1 g/mol. The Morgan fingerprint density at radius 2 is 2.33 bits per heavy atom. The Kier molecular flexibility index (Phi) is 2.85. The maximum Gasteiger partial charge on any atom is 0.257 e. The molecule has 0 amide bonds. The van der Waals surface area contributed by atoms with E-state index in [1.54, 1.807) is 0 Å². The summed E-state index contributed by atoms with van der Waals surface area (Å²) in [5.74, 6) is 0. The van der Waals surface area contributed by atoms with Gasteiger partial charge in [0.1, 0.15) is 5.68 Å². The van der Waals surface area contributed by atoms with Crippen LogP contribution in [0.25, 0.3) is 0 Å². The maximum atomic E-state index is 9.92. The molecule has 0 heterocycles. The second kappa shape index (κ2) is 2.97. The van der Waals surface area contributed by atoms with Crippen molar-refractivity contribution in [1.29, 1.82) is 0 Å². The van der Waals surface area contributed by atoms with Crippen LogP contribution < -0.4 is 0 Å². The summed E-state index contributed by atoms with van der Waals surface area (Å²) in [5, 5.41) is 0. The van der Waals surface area contributed by atoms with Gasteiger partial charge in [-0.15, -0.1) is 0 Å². The van der Waals surface area contributed by atoms with Gasteiger partial charge < -0.3 is 9.45 Å². The van der Waals surface area contributed by atoms with Crippen molar-refractivity contribution in [2.24, 2.45) is 0 Å². The predicted molar refractivity (Wildman–Crippen MR) is 28.0 cm³/mol. The topological polar surface area (TPSA) is 26.3 Å². The number of carbonyl (C=O) groups excluding carboxylic acids is 1. The molecule has 0 saturated carbocycles. The highest BCUT2D eigenvalue weighted by Gasteiger charge is 1.83. The third-order valence-corrected chi connectivity index (χ3v) is 0.348. The Bertz CT molecular complexity index is 53.5. The van der Waals surface area contributed by atoms with Crippen LogP contribution in [0, 0.1) is 0 Å². The van der Waals surface area contributed by atoms with Crippen molar-refractivity contribution in [2.45, 2.75) is 0 Å². The van der Waals surface area contributed by atoms with Crippen molar-refractivity contribution in [3.05, 3.63) is 0 Å². The molecule has 0 bridgehead atoms. The number of carbonyl (C=O) groups is 1. The molecule has 0 fully saturated rings. The molecule has 0 saturated heterocycles. The summed E-state index contributed by atoms with van der Waals surface area (Å²) in [6.07, 6.45) is 0. The molecular formula is C2H6B2O2. The van der Waals surface area contributed by atoms with Crippen LogP contribution in [0.1, 0.15) is 0 Å². The zero-order valence-corrected chi connectivity index (χ0v) is 4.02. The lowest BCUT2D eigenvalue weighted by atomic mass is 10.0. The van der Waals surface area contributed by atoms with Crippen LogP contribution in [0.2, 0.25) is 0 Å². The molecule has 0 aromatic rings. The Morgan fingerprint density at radius 3 is 2.33 bits per heavy atom. The van der Waals surface area contributed by atoms with Gasteiger partial charge in [0.2, 0.25) is 0 Å². The first-order valence-electron chi connectivity index (χ1n) is 1.75. The normalized spacial score (nSPS) is 8.00. The molecule has 32 valence electrons. The van der Waals surface area contributed by atoms with Gasteiger partial charge in [0.15, 0.2) is 7.85 Å². The fourth-order valence-corrected chi connectivity index (χ4v) is 0.203. The van der Waals surface area contributed by atoms with E-state index in [-0.39, 0.29) is 12.3 Å². The van der Waals surface area contributed by atoms with Crippen LogP contribution in [0.3, 0.4) is 0 Å². The zero-order chi connectivity index (χ0) is 4.99. The van der Waals surface area contributed by atoms with E-state index in [1.165, 1.54) is 15.9 Å². The van der Waals surface area contributed by atoms with E-state index in [0.717, 1.165) is 0 Å². The lowest BCUT2D eigenvalue weighted by Gasteiger charge is -1.85. The molecule has 0 spiro atoms.